The number of hydrogen-bond donors (Lipinski definition) is 1. The van der Waals surface area contributed by atoms with Crippen LogP contribution in [0.5, 0.6) is 5.75 Å². The van der Waals surface area contributed by atoms with Crippen LogP contribution in [-0.4, -0.2) is 24.6 Å². The van der Waals surface area contributed by atoms with Crippen molar-refractivity contribution in [3.05, 3.63) is 59.7 Å². The molecule has 1 amide bonds. The number of carbonyl (C=O) groups is 2. The van der Waals surface area contributed by atoms with Gasteiger partial charge in [-0.05, 0) is 43.7 Å². The lowest BCUT2D eigenvalue weighted by Gasteiger charge is -2.14. The zero-order chi connectivity index (χ0) is 18.4. The largest absolute Gasteiger partial charge is 0.479 e. The van der Waals surface area contributed by atoms with E-state index in [1.165, 1.54) is 6.92 Å². The fraction of sp³-hybridized carbons (Fsp3) is 0.222. The molecule has 0 saturated carbocycles. The van der Waals surface area contributed by atoms with Crippen LogP contribution in [0.4, 0.5) is 14.5 Å². The SMILES string of the molecule is Cc1cccc(O[C@H](C)C(=O)OCC(=O)Nc2ccc(F)cc2F)c1. The number of anilines is 1. The van der Waals surface area contributed by atoms with Crippen LogP contribution in [0.25, 0.3) is 0 Å². The maximum absolute atomic E-state index is 13.4. The summed E-state index contributed by atoms with van der Waals surface area (Å²) in [4.78, 5) is 23.5. The molecule has 132 valence electrons. The summed E-state index contributed by atoms with van der Waals surface area (Å²) >= 11 is 0. The Morgan fingerprint density at radius 1 is 1.16 bits per heavy atom. The van der Waals surface area contributed by atoms with Crippen molar-refractivity contribution in [1.29, 1.82) is 0 Å². The normalized spacial score (nSPS) is 11.5. The van der Waals surface area contributed by atoms with E-state index < -0.39 is 36.2 Å². The lowest BCUT2D eigenvalue weighted by atomic mass is 10.2. The topological polar surface area (TPSA) is 64.6 Å². The fourth-order valence-electron chi connectivity index (χ4n) is 1.97. The average molecular weight is 349 g/mol. The Labute approximate surface area is 143 Å². The molecule has 2 aromatic rings. The van der Waals surface area contributed by atoms with Gasteiger partial charge in [0.15, 0.2) is 12.7 Å². The molecule has 0 aliphatic rings. The number of rotatable bonds is 6. The third-order valence-corrected chi connectivity index (χ3v) is 3.19. The van der Waals surface area contributed by atoms with Crippen LogP contribution in [0.15, 0.2) is 42.5 Å². The van der Waals surface area contributed by atoms with Gasteiger partial charge in [-0.1, -0.05) is 12.1 Å². The Bertz CT molecular complexity index is 779. The van der Waals surface area contributed by atoms with E-state index in [0.29, 0.717) is 11.8 Å². The molecule has 2 aromatic carbocycles. The van der Waals surface area contributed by atoms with Gasteiger partial charge < -0.3 is 14.8 Å². The molecule has 0 aliphatic heterocycles. The maximum atomic E-state index is 13.4. The van der Waals surface area contributed by atoms with E-state index in [1.54, 1.807) is 18.2 Å². The van der Waals surface area contributed by atoms with Crippen LogP contribution in [0.1, 0.15) is 12.5 Å². The number of amides is 1. The molecule has 2 rings (SSSR count). The second kappa shape index (κ2) is 8.23. The van der Waals surface area contributed by atoms with Crippen LogP contribution < -0.4 is 10.1 Å². The highest BCUT2D eigenvalue weighted by atomic mass is 19.1. The van der Waals surface area contributed by atoms with E-state index in [9.17, 15) is 18.4 Å². The van der Waals surface area contributed by atoms with Gasteiger partial charge >= 0.3 is 5.97 Å². The molecule has 1 atom stereocenters. The van der Waals surface area contributed by atoms with Gasteiger partial charge in [0.1, 0.15) is 17.4 Å². The third-order valence-electron chi connectivity index (χ3n) is 3.19. The highest BCUT2D eigenvalue weighted by Gasteiger charge is 2.18. The van der Waals surface area contributed by atoms with Crippen LogP contribution in [0, 0.1) is 18.6 Å². The predicted octanol–water partition coefficient (Wildman–Crippen LogP) is 3.22. The summed E-state index contributed by atoms with van der Waals surface area (Å²) in [5.41, 5.74) is 0.769. The quantitative estimate of drug-likeness (QED) is 0.814. The summed E-state index contributed by atoms with van der Waals surface area (Å²) in [6.07, 6.45) is -0.919. The maximum Gasteiger partial charge on any atom is 0.347 e. The molecular weight excluding hydrogens is 332 g/mol. The molecular formula is C18H17F2NO4. The van der Waals surface area contributed by atoms with Gasteiger partial charge in [0.05, 0.1) is 5.69 Å². The summed E-state index contributed by atoms with van der Waals surface area (Å²) < 4.78 is 36.5. The number of esters is 1. The molecule has 0 bridgehead atoms. The molecule has 0 radical (unpaired) electrons. The van der Waals surface area contributed by atoms with E-state index in [0.717, 1.165) is 17.7 Å². The lowest BCUT2D eigenvalue weighted by Crippen LogP contribution is -2.29. The molecule has 1 N–H and O–H groups in total. The molecule has 0 heterocycles. The molecule has 0 spiro atoms. The summed E-state index contributed by atoms with van der Waals surface area (Å²) in [5, 5.41) is 2.19. The molecule has 5 nitrogen and oxygen atoms in total. The van der Waals surface area contributed by atoms with Crippen LogP contribution >= 0.6 is 0 Å². The monoisotopic (exact) mass is 349 g/mol. The number of halogens is 2. The zero-order valence-electron chi connectivity index (χ0n) is 13.7. The minimum atomic E-state index is -0.921. The molecule has 7 heteroatoms. The van der Waals surface area contributed by atoms with Gasteiger partial charge in [-0.25, -0.2) is 13.6 Å². The van der Waals surface area contributed by atoms with E-state index in [1.807, 2.05) is 13.0 Å². The molecule has 0 unspecified atom stereocenters. The second-order valence-electron chi connectivity index (χ2n) is 5.36. The molecule has 0 aliphatic carbocycles. The summed E-state index contributed by atoms with van der Waals surface area (Å²) in [6.45, 7) is 2.76. The Hall–Kier alpha value is -2.96. The number of carbonyl (C=O) groups excluding carboxylic acids is 2. The van der Waals surface area contributed by atoms with Crippen molar-refractivity contribution in [3.8, 4) is 5.75 Å². The number of aryl methyl sites for hydroxylation is 1. The van der Waals surface area contributed by atoms with E-state index in [-0.39, 0.29) is 5.69 Å². The Morgan fingerprint density at radius 3 is 2.60 bits per heavy atom. The first kappa shape index (κ1) is 18.4. The Kier molecular flexibility index (Phi) is 6.05. The lowest BCUT2D eigenvalue weighted by molar-refractivity contribution is -0.153. The summed E-state index contributed by atoms with van der Waals surface area (Å²) in [6, 6.07) is 9.84. The minimum Gasteiger partial charge on any atom is -0.479 e. The van der Waals surface area contributed by atoms with Crippen LogP contribution in [-0.2, 0) is 14.3 Å². The number of ether oxygens (including phenoxy) is 2. The minimum absolute atomic E-state index is 0.202. The number of nitrogens with one attached hydrogen (secondary N) is 1. The van der Waals surface area contributed by atoms with Crippen molar-refractivity contribution < 1.29 is 27.8 Å². The van der Waals surface area contributed by atoms with Gasteiger partial charge in [0, 0.05) is 6.07 Å². The van der Waals surface area contributed by atoms with Crippen molar-refractivity contribution >= 4 is 17.6 Å². The highest BCUT2D eigenvalue weighted by Crippen LogP contribution is 2.16. The van der Waals surface area contributed by atoms with Gasteiger partial charge in [-0.2, -0.15) is 0 Å². The first-order valence-corrected chi connectivity index (χ1v) is 7.50. The van der Waals surface area contributed by atoms with Crippen molar-refractivity contribution in [1.82, 2.24) is 0 Å². The third kappa shape index (κ3) is 5.56. The van der Waals surface area contributed by atoms with Gasteiger partial charge in [0.25, 0.3) is 5.91 Å². The van der Waals surface area contributed by atoms with Crippen molar-refractivity contribution in [2.45, 2.75) is 20.0 Å². The summed E-state index contributed by atoms with van der Waals surface area (Å²) in [5.74, 6) is -2.67. The summed E-state index contributed by atoms with van der Waals surface area (Å²) in [7, 11) is 0. The van der Waals surface area contributed by atoms with E-state index in [2.05, 4.69) is 5.32 Å². The molecule has 0 aromatic heterocycles. The molecule has 0 saturated heterocycles. The van der Waals surface area contributed by atoms with Gasteiger partial charge in [-0.15, -0.1) is 0 Å². The van der Waals surface area contributed by atoms with Crippen molar-refractivity contribution in [2.24, 2.45) is 0 Å². The first-order valence-electron chi connectivity index (χ1n) is 7.50. The first-order chi connectivity index (χ1) is 11.8. The van der Waals surface area contributed by atoms with E-state index >= 15 is 0 Å². The second-order valence-corrected chi connectivity index (χ2v) is 5.36. The van der Waals surface area contributed by atoms with Crippen LogP contribution in [0.2, 0.25) is 0 Å². The van der Waals surface area contributed by atoms with E-state index in [4.69, 9.17) is 9.47 Å². The standard InChI is InChI=1S/C18H17F2NO4/c1-11-4-3-5-14(8-11)25-12(2)18(23)24-10-17(22)21-16-7-6-13(19)9-15(16)20/h3-9,12H,10H2,1-2H3,(H,21,22)/t12-/m1/s1. The van der Waals surface area contributed by atoms with Gasteiger partial charge in [-0.3, -0.25) is 4.79 Å². The number of benzene rings is 2. The Morgan fingerprint density at radius 2 is 1.92 bits per heavy atom. The molecule has 0 fully saturated rings. The Balaban J connectivity index is 1.83. The van der Waals surface area contributed by atoms with Crippen molar-refractivity contribution in [2.75, 3.05) is 11.9 Å². The highest BCUT2D eigenvalue weighted by molar-refractivity contribution is 5.93. The fourth-order valence-corrected chi connectivity index (χ4v) is 1.97. The van der Waals surface area contributed by atoms with Crippen LogP contribution in [0.3, 0.4) is 0 Å². The molecule has 25 heavy (non-hydrogen) atoms. The predicted molar refractivity (Wildman–Crippen MR) is 87.2 cm³/mol. The zero-order valence-corrected chi connectivity index (χ0v) is 13.7. The van der Waals surface area contributed by atoms with Gasteiger partial charge in [0.2, 0.25) is 0 Å². The van der Waals surface area contributed by atoms with Crippen molar-refractivity contribution in [3.63, 3.8) is 0 Å². The smallest absolute Gasteiger partial charge is 0.347 e. The number of hydrogen-bond acceptors (Lipinski definition) is 4. The average Bonchev–Trinajstić information content (AvgIpc) is 2.55.